The fourth-order valence-electron chi connectivity index (χ4n) is 3.29. The van der Waals surface area contributed by atoms with E-state index in [-0.39, 0.29) is 17.9 Å². The number of hydrogen-bond acceptors (Lipinski definition) is 5. The van der Waals surface area contributed by atoms with Crippen LogP contribution in [0.5, 0.6) is 11.5 Å². The minimum Gasteiger partial charge on any atom is -0.493 e. The van der Waals surface area contributed by atoms with Crippen LogP contribution in [0.25, 0.3) is 0 Å². The third kappa shape index (κ3) is 7.96. The first-order valence-electron chi connectivity index (χ1n) is 10.7. The Bertz CT molecular complexity index is 892. The number of esters is 1. The number of ether oxygens (including phenoxy) is 4. The smallest absolute Gasteiger partial charge is 0.303 e. The van der Waals surface area contributed by atoms with Gasteiger partial charge in [0.05, 0.1) is 29.1 Å². The molecule has 182 valence electrons. The van der Waals surface area contributed by atoms with Gasteiger partial charge in [-0.25, -0.2) is 0 Å². The average molecular weight is 518 g/mol. The van der Waals surface area contributed by atoms with E-state index in [1.165, 1.54) is 6.92 Å². The van der Waals surface area contributed by atoms with Crippen LogP contribution in [-0.2, 0) is 19.7 Å². The van der Waals surface area contributed by atoms with Crippen LogP contribution < -0.4 is 9.47 Å². The Balaban J connectivity index is 2.14. The van der Waals surface area contributed by atoms with Crippen molar-refractivity contribution in [3.63, 3.8) is 0 Å². The van der Waals surface area contributed by atoms with Crippen molar-refractivity contribution in [1.82, 2.24) is 0 Å². The molecule has 2 rings (SSSR count). The number of benzene rings is 2. The Morgan fingerprint density at radius 1 is 0.970 bits per heavy atom. The summed E-state index contributed by atoms with van der Waals surface area (Å²) >= 11 is 18.8. The van der Waals surface area contributed by atoms with Gasteiger partial charge in [0.25, 0.3) is 0 Å². The van der Waals surface area contributed by atoms with Gasteiger partial charge in [0, 0.05) is 25.4 Å². The van der Waals surface area contributed by atoms with Crippen LogP contribution in [0.4, 0.5) is 0 Å². The van der Waals surface area contributed by atoms with E-state index in [1.807, 2.05) is 36.4 Å². The summed E-state index contributed by atoms with van der Waals surface area (Å²) in [6.45, 7) is 8.88. The summed E-state index contributed by atoms with van der Waals surface area (Å²) in [6, 6.07) is 11.7. The second-order valence-electron chi connectivity index (χ2n) is 8.49. The zero-order valence-corrected chi connectivity index (χ0v) is 21.9. The van der Waals surface area contributed by atoms with Crippen molar-refractivity contribution in [3.05, 3.63) is 57.6 Å². The van der Waals surface area contributed by atoms with Crippen LogP contribution in [0.3, 0.4) is 0 Å². The van der Waals surface area contributed by atoms with E-state index in [0.29, 0.717) is 34.9 Å². The zero-order valence-electron chi connectivity index (χ0n) is 19.6. The molecule has 0 saturated heterocycles. The largest absolute Gasteiger partial charge is 0.493 e. The highest BCUT2D eigenvalue weighted by Crippen LogP contribution is 2.40. The maximum atomic E-state index is 11.2. The third-order valence-electron chi connectivity index (χ3n) is 5.20. The van der Waals surface area contributed by atoms with Gasteiger partial charge in [0.15, 0.2) is 5.75 Å². The monoisotopic (exact) mass is 516 g/mol. The lowest BCUT2D eigenvalue weighted by Crippen LogP contribution is -2.26. The number of carbonyl (C=O) groups is 1. The molecular weight excluding hydrogens is 487 g/mol. The van der Waals surface area contributed by atoms with Gasteiger partial charge in [0.1, 0.15) is 18.5 Å². The van der Waals surface area contributed by atoms with Gasteiger partial charge in [-0.1, -0.05) is 56.1 Å². The van der Waals surface area contributed by atoms with Gasteiger partial charge in [-0.15, -0.1) is 11.6 Å². The Labute approximate surface area is 211 Å². The summed E-state index contributed by atoms with van der Waals surface area (Å²) in [5.74, 6) is 1.11. The molecule has 0 spiro atoms. The van der Waals surface area contributed by atoms with E-state index < -0.39 is 12.1 Å². The van der Waals surface area contributed by atoms with Crippen molar-refractivity contribution in [1.29, 1.82) is 0 Å². The van der Waals surface area contributed by atoms with Gasteiger partial charge in [-0.3, -0.25) is 4.79 Å². The lowest BCUT2D eigenvalue weighted by atomic mass is 9.78. The molecule has 0 saturated carbocycles. The molecule has 0 amide bonds. The van der Waals surface area contributed by atoms with E-state index in [1.54, 1.807) is 7.11 Å². The van der Waals surface area contributed by atoms with E-state index in [9.17, 15) is 4.79 Å². The number of hydrogen-bond donors (Lipinski definition) is 0. The van der Waals surface area contributed by atoms with Crippen LogP contribution in [0.2, 0.25) is 10.0 Å². The third-order valence-corrected chi connectivity index (χ3v) is 6.11. The van der Waals surface area contributed by atoms with Crippen LogP contribution >= 0.6 is 34.8 Å². The Kier molecular flexibility index (Phi) is 10.6. The van der Waals surface area contributed by atoms with Gasteiger partial charge in [-0.2, -0.15) is 0 Å². The molecule has 0 aromatic heterocycles. The molecule has 0 radical (unpaired) electrons. The molecule has 0 fully saturated rings. The summed E-state index contributed by atoms with van der Waals surface area (Å²) in [5, 5.41) is 0.739. The molecule has 0 aliphatic rings. The van der Waals surface area contributed by atoms with Gasteiger partial charge in [0.2, 0.25) is 0 Å². The molecule has 0 heterocycles. The lowest BCUT2D eigenvalue weighted by Gasteiger charge is -2.27. The summed E-state index contributed by atoms with van der Waals surface area (Å²) in [5.41, 5.74) is 1.64. The molecule has 2 aromatic carbocycles. The summed E-state index contributed by atoms with van der Waals surface area (Å²) in [4.78, 5) is 11.2. The summed E-state index contributed by atoms with van der Waals surface area (Å²) in [6.07, 6.45) is -0.592. The molecule has 33 heavy (non-hydrogen) atoms. The average Bonchev–Trinajstić information content (AvgIpc) is 2.76. The van der Waals surface area contributed by atoms with Crippen molar-refractivity contribution in [3.8, 4) is 11.5 Å². The lowest BCUT2D eigenvalue weighted by molar-refractivity contribution is -0.146. The Hall–Kier alpha value is -1.66. The van der Waals surface area contributed by atoms with Crippen LogP contribution in [-0.4, -0.2) is 44.9 Å². The number of halogens is 3. The van der Waals surface area contributed by atoms with E-state index in [4.69, 9.17) is 53.8 Å². The highest BCUT2D eigenvalue weighted by Gasteiger charge is 2.26. The van der Waals surface area contributed by atoms with Crippen molar-refractivity contribution in [2.45, 2.75) is 39.2 Å². The van der Waals surface area contributed by atoms with Crippen molar-refractivity contribution < 1.29 is 23.7 Å². The molecule has 2 aromatic rings. The van der Waals surface area contributed by atoms with Crippen molar-refractivity contribution >= 4 is 40.8 Å². The fourth-order valence-corrected chi connectivity index (χ4v) is 4.03. The molecular formula is C25H31Cl3O5. The van der Waals surface area contributed by atoms with Crippen molar-refractivity contribution in [2.24, 2.45) is 5.92 Å². The molecule has 2 atom stereocenters. The molecule has 5 nitrogen and oxygen atoms in total. The van der Waals surface area contributed by atoms with Crippen molar-refractivity contribution in [2.75, 3.05) is 32.8 Å². The predicted octanol–water partition coefficient (Wildman–Crippen LogP) is 6.53. The molecule has 0 aliphatic carbocycles. The first kappa shape index (κ1) is 27.6. The highest BCUT2D eigenvalue weighted by atomic mass is 35.5. The van der Waals surface area contributed by atoms with Gasteiger partial charge < -0.3 is 18.9 Å². The minimum atomic E-state index is -0.592. The van der Waals surface area contributed by atoms with Gasteiger partial charge in [-0.05, 0) is 35.4 Å². The molecule has 0 unspecified atom stereocenters. The quantitative estimate of drug-likeness (QED) is 0.237. The molecule has 0 aliphatic heterocycles. The Morgan fingerprint density at radius 3 is 2.09 bits per heavy atom. The number of carbonyl (C=O) groups excluding carboxylic acids is 1. The van der Waals surface area contributed by atoms with Crippen LogP contribution in [0, 0.1) is 5.92 Å². The standard InChI is InChI=1S/C25H31Cl3O5/c1-16(13-30-5)14-31-20-8-6-18(7-9-20)25(3,4)19-10-22(27)24(23(28)11-19)32-15-21(12-26)33-17(2)29/h6-11,16,21H,12-15H2,1-5H3/t16-,21+/m0/s1. The van der Waals surface area contributed by atoms with E-state index in [2.05, 4.69) is 20.8 Å². The topological polar surface area (TPSA) is 54.0 Å². The number of alkyl halides is 1. The van der Waals surface area contributed by atoms with Crippen LogP contribution in [0.1, 0.15) is 38.8 Å². The van der Waals surface area contributed by atoms with Gasteiger partial charge >= 0.3 is 5.97 Å². The SMILES string of the molecule is COC[C@H](C)COc1ccc(C(C)(C)c2cc(Cl)c(OC[C@@H](CCl)OC(C)=O)c(Cl)c2)cc1. The van der Waals surface area contributed by atoms with E-state index in [0.717, 1.165) is 16.9 Å². The zero-order chi connectivity index (χ0) is 24.6. The molecule has 0 bridgehead atoms. The number of methoxy groups -OCH3 is 1. The number of rotatable bonds is 12. The second kappa shape index (κ2) is 12.7. The predicted molar refractivity (Wildman–Crippen MR) is 133 cm³/mol. The maximum Gasteiger partial charge on any atom is 0.303 e. The fraction of sp³-hybridized carbons (Fsp3) is 0.480. The molecule has 0 N–H and O–H groups in total. The highest BCUT2D eigenvalue weighted by molar-refractivity contribution is 6.37. The summed E-state index contributed by atoms with van der Waals surface area (Å²) < 4.78 is 21.8. The molecule has 8 heteroatoms. The first-order valence-corrected chi connectivity index (χ1v) is 11.9. The first-order chi connectivity index (χ1) is 15.6. The second-order valence-corrected chi connectivity index (χ2v) is 9.61. The minimum absolute atomic E-state index is 0.0513. The van der Waals surface area contributed by atoms with Crippen LogP contribution in [0.15, 0.2) is 36.4 Å². The normalized spacial score (nSPS) is 13.3. The Morgan fingerprint density at radius 2 is 1.58 bits per heavy atom. The maximum absolute atomic E-state index is 11.2. The summed E-state index contributed by atoms with van der Waals surface area (Å²) in [7, 11) is 1.68. The van der Waals surface area contributed by atoms with E-state index >= 15 is 0 Å².